The van der Waals surface area contributed by atoms with Crippen LogP contribution in [-0.4, -0.2) is 19.5 Å². The molecule has 2 heterocycles. The Hall–Kier alpha value is -2.11. The maximum Gasteiger partial charge on any atom is 0.328 e. The summed E-state index contributed by atoms with van der Waals surface area (Å²) in [6, 6.07) is 0. The third-order valence-corrected chi connectivity index (χ3v) is 2.37. The van der Waals surface area contributed by atoms with Gasteiger partial charge in [-0.25, -0.2) is 9.78 Å². The fraction of sp³-hybridized carbons (Fsp3) is 0.300. The standard InChI is InChI=1S/C10H12N4O2/c1-7-5-14(10(16)13-9(7)15)3-2-8-4-11-6-12-8/h4-6H,2-3H2,1H3,(H,11,12)(H,13,15,16). The third kappa shape index (κ3) is 2.10. The van der Waals surface area contributed by atoms with Gasteiger partial charge in [-0.15, -0.1) is 0 Å². The highest BCUT2D eigenvalue weighted by molar-refractivity contribution is 5.01. The lowest BCUT2D eigenvalue weighted by atomic mass is 10.3. The number of hydrogen-bond donors (Lipinski definition) is 2. The zero-order valence-corrected chi connectivity index (χ0v) is 8.86. The topological polar surface area (TPSA) is 83.5 Å². The van der Waals surface area contributed by atoms with Gasteiger partial charge in [-0.2, -0.15) is 0 Å². The van der Waals surface area contributed by atoms with Crippen molar-refractivity contribution in [3.8, 4) is 0 Å². The summed E-state index contributed by atoms with van der Waals surface area (Å²) in [7, 11) is 0. The Kier molecular flexibility index (Phi) is 2.72. The van der Waals surface area contributed by atoms with Crippen molar-refractivity contribution in [1.82, 2.24) is 19.5 Å². The Morgan fingerprint density at radius 2 is 2.25 bits per heavy atom. The molecule has 0 bridgehead atoms. The molecule has 2 aromatic heterocycles. The highest BCUT2D eigenvalue weighted by atomic mass is 16.2. The molecule has 0 saturated carbocycles. The van der Waals surface area contributed by atoms with Crippen LogP contribution in [0.4, 0.5) is 0 Å². The molecule has 0 aliphatic rings. The molecule has 16 heavy (non-hydrogen) atoms. The molecular weight excluding hydrogens is 208 g/mol. The van der Waals surface area contributed by atoms with E-state index in [1.165, 1.54) is 4.57 Å². The quantitative estimate of drug-likeness (QED) is 0.752. The number of rotatable bonds is 3. The van der Waals surface area contributed by atoms with E-state index in [9.17, 15) is 9.59 Å². The van der Waals surface area contributed by atoms with Crippen LogP contribution in [0, 0.1) is 6.92 Å². The monoisotopic (exact) mass is 220 g/mol. The maximum absolute atomic E-state index is 11.4. The fourth-order valence-electron chi connectivity index (χ4n) is 1.45. The number of aromatic amines is 2. The van der Waals surface area contributed by atoms with E-state index in [0.29, 0.717) is 18.5 Å². The normalized spacial score (nSPS) is 10.6. The molecule has 2 N–H and O–H groups in total. The number of aryl methyl sites for hydroxylation is 3. The molecule has 0 unspecified atom stereocenters. The lowest BCUT2D eigenvalue weighted by molar-refractivity contribution is 0.635. The van der Waals surface area contributed by atoms with E-state index >= 15 is 0 Å². The van der Waals surface area contributed by atoms with Gasteiger partial charge in [0.15, 0.2) is 0 Å². The van der Waals surface area contributed by atoms with Crippen LogP contribution in [0.2, 0.25) is 0 Å². The molecule has 0 spiro atoms. The van der Waals surface area contributed by atoms with Crippen molar-refractivity contribution in [2.45, 2.75) is 19.9 Å². The van der Waals surface area contributed by atoms with E-state index in [2.05, 4.69) is 15.0 Å². The summed E-state index contributed by atoms with van der Waals surface area (Å²) in [6.45, 7) is 2.18. The van der Waals surface area contributed by atoms with E-state index in [1.807, 2.05) is 0 Å². The minimum atomic E-state index is -0.380. The maximum atomic E-state index is 11.4. The van der Waals surface area contributed by atoms with Crippen LogP contribution < -0.4 is 11.2 Å². The summed E-state index contributed by atoms with van der Waals surface area (Å²) < 4.78 is 1.48. The van der Waals surface area contributed by atoms with Crippen molar-refractivity contribution in [3.05, 3.63) is 50.8 Å². The molecule has 2 rings (SSSR count). The van der Waals surface area contributed by atoms with Gasteiger partial charge in [-0.3, -0.25) is 14.3 Å². The lowest BCUT2D eigenvalue weighted by Crippen LogP contribution is -2.31. The first-order valence-electron chi connectivity index (χ1n) is 4.94. The highest BCUT2D eigenvalue weighted by Crippen LogP contribution is 1.94. The van der Waals surface area contributed by atoms with Crippen molar-refractivity contribution in [3.63, 3.8) is 0 Å². The zero-order chi connectivity index (χ0) is 11.5. The predicted molar refractivity (Wildman–Crippen MR) is 58.4 cm³/mol. The van der Waals surface area contributed by atoms with Gasteiger partial charge in [0.2, 0.25) is 0 Å². The van der Waals surface area contributed by atoms with Crippen molar-refractivity contribution in [1.29, 1.82) is 0 Å². The molecule has 0 amide bonds. The second kappa shape index (κ2) is 4.18. The predicted octanol–water partition coefficient (Wildman–Crippen LogP) is -0.189. The SMILES string of the molecule is Cc1cn(CCc2cnc[nH]2)c(=O)[nH]c1=O. The Morgan fingerprint density at radius 3 is 2.94 bits per heavy atom. The molecular formula is C10H12N4O2. The number of H-pyrrole nitrogens is 2. The van der Waals surface area contributed by atoms with Crippen LogP contribution in [0.5, 0.6) is 0 Å². The smallest absolute Gasteiger partial charge is 0.328 e. The zero-order valence-electron chi connectivity index (χ0n) is 8.86. The number of aromatic nitrogens is 4. The molecule has 0 aliphatic heterocycles. The van der Waals surface area contributed by atoms with E-state index in [1.54, 1.807) is 25.6 Å². The molecule has 0 saturated heterocycles. The van der Waals surface area contributed by atoms with Crippen LogP contribution in [0.25, 0.3) is 0 Å². The van der Waals surface area contributed by atoms with Gasteiger partial charge in [0.25, 0.3) is 5.56 Å². The first-order valence-corrected chi connectivity index (χ1v) is 4.94. The number of hydrogen-bond acceptors (Lipinski definition) is 3. The van der Waals surface area contributed by atoms with Gasteiger partial charge in [0.05, 0.1) is 6.33 Å². The van der Waals surface area contributed by atoms with Crippen LogP contribution in [0.1, 0.15) is 11.3 Å². The lowest BCUT2D eigenvalue weighted by Gasteiger charge is -2.04. The van der Waals surface area contributed by atoms with Crippen LogP contribution >= 0.6 is 0 Å². The van der Waals surface area contributed by atoms with E-state index in [-0.39, 0.29) is 11.2 Å². The minimum Gasteiger partial charge on any atom is -0.348 e. The van der Waals surface area contributed by atoms with Gasteiger partial charge in [-0.1, -0.05) is 0 Å². The first-order chi connectivity index (χ1) is 7.66. The summed E-state index contributed by atoms with van der Waals surface area (Å²) in [5, 5.41) is 0. The number of imidazole rings is 1. The molecule has 6 nitrogen and oxygen atoms in total. The van der Waals surface area contributed by atoms with E-state index in [4.69, 9.17) is 0 Å². The van der Waals surface area contributed by atoms with Gasteiger partial charge < -0.3 is 4.98 Å². The van der Waals surface area contributed by atoms with Crippen LogP contribution in [0.3, 0.4) is 0 Å². The molecule has 0 radical (unpaired) electrons. The average molecular weight is 220 g/mol. The molecule has 0 aromatic carbocycles. The average Bonchev–Trinajstić information content (AvgIpc) is 2.74. The summed E-state index contributed by atoms with van der Waals surface area (Å²) >= 11 is 0. The second-order valence-electron chi connectivity index (χ2n) is 3.59. The number of nitrogens with zero attached hydrogens (tertiary/aromatic N) is 2. The highest BCUT2D eigenvalue weighted by Gasteiger charge is 2.01. The first kappa shape index (κ1) is 10.4. The summed E-state index contributed by atoms with van der Waals surface area (Å²) in [4.78, 5) is 31.7. The largest absolute Gasteiger partial charge is 0.348 e. The molecule has 2 aromatic rings. The van der Waals surface area contributed by atoms with Gasteiger partial charge >= 0.3 is 5.69 Å². The Balaban J connectivity index is 2.19. The fourth-order valence-corrected chi connectivity index (χ4v) is 1.45. The summed E-state index contributed by atoms with van der Waals surface area (Å²) in [6.07, 6.45) is 5.54. The van der Waals surface area contributed by atoms with Crippen LogP contribution in [-0.2, 0) is 13.0 Å². The minimum absolute atomic E-state index is 0.331. The molecule has 84 valence electrons. The van der Waals surface area contributed by atoms with Gasteiger partial charge in [0, 0.05) is 36.6 Å². The van der Waals surface area contributed by atoms with Gasteiger partial charge in [0.1, 0.15) is 0 Å². The number of nitrogens with one attached hydrogen (secondary N) is 2. The van der Waals surface area contributed by atoms with Crippen molar-refractivity contribution in [2.24, 2.45) is 0 Å². The van der Waals surface area contributed by atoms with Crippen molar-refractivity contribution < 1.29 is 0 Å². The Labute approximate surface area is 91.0 Å². The van der Waals surface area contributed by atoms with E-state index in [0.717, 1.165) is 5.69 Å². The Morgan fingerprint density at radius 1 is 1.44 bits per heavy atom. The van der Waals surface area contributed by atoms with E-state index < -0.39 is 0 Å². The van der Waals surface area contributed by atoms with Crippen molar-refractivity contribution >= 4 is 0 Å². The molecule has 0 atom stereocenters. The third-order valence-electron chi connectivity index (χ3n) is 2.37. The Bertz CT molecular complexity index is 580. The van der Waals surface area contributed by atoms with Crippen LogP contribution in [0.15, 0.2) is 28.3 Å². The molecule has 6 heteroatoms. The van der Waals surface area contributed by atoms with Crippen molar-refractivity contribution in [2.75, 3.05) is 0 Å². The second-order valence-corrected chi connectivity index (χ2v) is 3.59. The summed E-state index contributed by atoms with van der Waals surface area (Å²) in [5.74, 6) is 0. The van der Waals surface area contributed by atoms with Gasteiger partial charge in [-0.05, 0) is 6.92 Å². The molecule has 0 fully saturated rings. The summed E-state index contributed by atoms with van der Waals surface area (Å²) in [5.41, 5.74) is 0.776. The molecule has 0 aliphatic carbocycles.